The normalized spacial score (nSPS) is 22.7. The first-order valence-electron chi connectivity index (χ1n) is 6.70. The van der Waals surface area contributed by atoms with Crippen molar-refractivity contribution in [1.82, 2.24) is 9.80 Å². The van der Waals surface area contributed by atoms with Gasteiger partial charge in [0, 0.05) is 33.6 Å². The second kappa shape index (κ2) is 5.63. The Kier molecular flexibility index (Phi) is 4.09. The maximum atomic E-state index is 11.6. The molecule has 1 N–H and O–H groups in total. The number of carbonyl (C=O) groups excluding carboxylic acids is 1. The number of carboxylic acids is 1. The van der Waals surface area contributed by atoms with Crippen LogP contribution in [0.2, 0.25) is 0 Å². The first-order chi connectivity index (χ1) is 9.45. The number of rotatable bonds is 4. The quantitative estimate of drug-likeness (QED) is 0.897. The predicted octanol–water partition coefficient (Wildman–Crippen LogP) is 1.19. The Bertz CT molecular complexity index is 503. The third-order valence-electron chi connectivity index (χ3n) is 4.09. The summed E-state index contributed by atoms with van der Waals surface area (Å²) in [5, 5.41) is 9.55. The number of hydrogen-bond acceptors (Lipinski definition) is 3. The van der Waals surface area contributed by atoms with Gasteiger partial charge in [-0.15, -0.1) is 0 Å². The molecular weight excluding hydrogens is 256 g/mol. The number of likely N-dealkylation sites (tertiary alicyclic amines) is 1. The van der Waals surface area contributed by atoms with Gasteiger partial charge in [0.15, 0.2) is 5.54 Å². The molecule has 1 fully saturated rings. The van der Waals surface area contributed by atoms with Crippen molar-refractivity contribution in [3.05, 3.63) is 35.9 Å². The molecule has 1 aliphatic rings. The van der Waals surface area contributed by atoms with E-state index >= 15 is 0 Å². The Hall–Kier alpha value is -1.88. The van der Waals surface area contributed by atoms with Gasteiger partial charge < -0.3 is 10.0 Å². The highest BCUT2D eigenvalue weighted by Crippen LogP contribution is 2.28. The molecule has 1 unspecified atom stereocenters. The number of carbonyl (C=O) groups is 2. The predicted molar refractivity (Wildman–Crippen MR) is 75.1 cm³/mol. The summed E-state index contributed by atoms with van der Waals surface area (Å²) >= 11 is 0. The van der Waals surface area contributed by atoms with Crippen molar-refractivity contribution >= 4 is 11.9 Å². The van der Waals surface area contributed by atoms with Crippen molar-refractivity contribution in [2.75, 3.05) is 20.1 Å². The monoisotopic (exact) mass is 276 g/mol. The standard InChI is InChI=1S/C15H20N2O3/c1-12(18)16(2)15(14(19)20)8-9-17(11-15)10-13-6-4-3-5-7-13/h3-7H,8-11H2,1-2H3,(H,19,20). The molecule has 1 aromatic carbocycles. The van der Waals surface area contributed by atoms with Crippen LogP contribution in [0.4, 0.5) is 0 Å². The number of amides is 1. The zero-order valence-electron chi connectivity index (χ0n) is 11.9. The fraction of sp³-hybridized carbons (Fsp3) is 0.467. The molecule has 1 atom stereocenters. The van der Waals surface area contributed by atoms with E-state index in [-0.39, 0.29) is 5.91 Å². The van der Waals surface area contributed by atoms with Crippen LogP contribution in [0.15, 0.2) is 30.3 Å². The van der Waals surface area contributed by atoms with Crippen LogP contribution in [-0.4, -0.2) is 52.5 Å². The Labute approximate surface area is 118 Å². The summed E-state index contributed by atoms with van der Waals surface area (Å²) in [6.45, 7) is 3.16. The molecule has 5 heteroatoms. The van der Waals surface area contributed by atoms with Gasteiger partial charge in [0.05, 0.1) is 0 Å². The molecule has 1 aromatic rings. The summed E-state index contributed by atoms with van der Waals surface area (Å²) in [6, 6.07) is 9.94. The van der Waals surface area contributed by atoms with Crippen molar-refractivity contribution in [2.24, 2.45) is 0 Å². The van der Waals surface area contributed by atoms with Gasteiger partial charge in [0.2, 0.25) is 5.91 Å². The Morgan fingerprint density at radius 2 is 2.00 bits per heavy atom. The second-order valence-corrected chi connectivity index (χ2v) is 5.36. The minimum absolute atomic E-state index is 0.214. The highest BCUT2D eigenvalue weighted by atomic mass is 16.4. The van der Waals surface area contributed by atoms with E-state index in [1.807, 2.05) is 30.3 Å². The molecule has 1 aliphatic heterocycles. The van der Waals surface area contributed by atoms with E-state index in [0.29, 0.717) is 26.1 Å². The first-order valence-corrected chi connectivity index (χ1v) is 6.70. The lowest BCUT2D eigenvalue weighted by atomic mass is 9.96. The number of likely N-dealkylation sites (N-methyl/N-ethyl adjacent to an activating group) is 1. The minimum Gasteiger partial charge on any atom is -0.479 e. The summed E-state index contributed by atoms with van der Waals surface area (Å²) in [5.41, 5.74) is 0.0554. The smallest absolute Gasteiger partial charge is 0.331 e. The summed E-state index contributed by atoms with van der Waals surface area (Å²) < 4.78 is 0. The van der Waals surface area contributed by atoms with Gasteiger partial charge in [-0.1, -0.05) is 30.3 Å². The number of hydrogen-bond donors (Lipinski definition) is 1. The lowest BCUT2D eigenvalue weighted by Gasteiger charge is -2.34. The number of aliphatic carboxylic acids is 1. The summed E-state index contributed by atoms with van der Waals surface area (Å²) in [6.07, 6.45) is 0.464. The summed E-state index contributed by atoms with van der Waals surface area (Å²) in [7, 11) is 1.57. The van der Waals surface area contributed by atoms with Crippen molar-refractivity contribution in [3.63, 3.8) is 0 Å². The molecule has 0 spiro atoms. The van der Waals surface area contributed by atoms with Crippen molar-refractivity contribution in [1.29, 1.82) is 0 Å². The van der Waals surface area contributed by atoms with Crippen molar-refractivity contribution < 1.29 is 14.7 Å². The third kappa shape index (κ3) is 2.67. The van der Waals surface area contributed by atoms with E-state index in [0.717, 1.165) is 5.56 Å². The summed E-state index contributed by atoms with van der Waals surface area (Å²) in [5.74, 6) is -1.14. The van der Waals surface area contributed by atoms with Crippen molar-refractivity contribution in [3.8, 4) is 0 Å². The maximum Gasteiger partial charge on any atom is 0.331 e. The van der Waals surface area contributed by atoms with E-state index in [2.05, 4.69) is 4.90 Å². The van der Waals surface area contributed by atoms with Crippen LogP contribution in [0.3, 0.4) is 0 Å². The molecule has 0 saturated carbocycles. The molecule has 20 heavy (non-hydrogen) atoms. The van der Waals surface area contributed by atoms with E-state index in [4.69, 9.17) is 0 Å². The van der Waals surface area contributed by atoms with Gasteiger partial charge in [-0.25, -0.2) is 4.79 Å². The molecule has 5 nitrogen and oxygen atoms in total. The highest BCUT2D eigenvalue weighted by molar-refractivity contribution is 5.86. The Morgan fingerprint density at radius 1 is 1.35 bits per heavy atom. The van der Waals surface area contributed by atoms with Crippen LogP contribution in [0.1, 0.15) is 18.9 Å². The topological polar surface area (TPSA) is 60.9 Å². The van der Waals surface area contributed by atoms with Gasteiger partial charge in [-0.05, 0) is 12.0 Å². The van der Waals surface area contributed by atoms with Crippen LogP contribution in [0.5, 0.6) is 0 Å². The molecule has 1 amide bonds. The fourth-order valence-electron chi connectivity index (χ4n) is 2.74. The molecule has 0 bridgehead atoms. The highest BCUT2D eigenvalue weighted by Gasteiger charge is 2.49. The lowest BCUT2D eigenvalue weighted by molar-refractivity contribution is -0.156. The van der Waals surface area contributed by atoms with Crippen LogP contribution < -0.4 is 0 Å². The minimum atomic E-state index is -1.10. The fourth-order valence-corrected chi connectivity index (χ4v) is 2.74. The van der Waals surface area contributed by atoms with Crippen LogP contribution in [0, 0.1) is 0 Å². The molecular formula is C15H20N2O3. The maximum absolute atomic E-state index is 11.6. The largest absolute Gasteiger partial charge is 0.479 e. The average molecular weight is 276 g/mol. The zero-order valence-corrected chi connectivity index (χ0v) is 11.9. The first kappa shape index (κ1) is 14.5. The molecule has 0 radical (unpaired) electrons. The van der Waals surface area contributed by atoms with E-state index in [1.54, 1.807) is 7.05 Å². The van der Waals surface area contributed by atoms with Crippen LogP contribution in [-0.2, 0) is 16.1 Å². The Morgan fingerprint density at radius 3 is 2.55 bits per heavy atom. The van der Waals surface area contributed by atoms with Gasteiger partial charge in [-0.3, -0.25) is 9.69 Å². The number of benzene rings is 1. The number of nitrogens with zero attached hydrogens (tertiary/aromatic N) is 2. The molecule has 0 aromatic heterocycles. The summed E-state index contributed by atoms with van der Waals surface area (Å²) in [4.78, 5) is 26.6. The van der Waals surface area contributed by atoms with Crippen molar-refractivity contribution in [2.45, 2.75) is 25.4 Å². The molecule has 0 aliphatic carbocycles. The molecule has 1 saturated heterocycles. The molecule has 108 valence electrons. The third-order valence-corrected chi connectivity index (χ3v) is 4.09. The SMILES string of the molecule is CC(=O)N(C)C1(C(=O)O)CCN(Cc2ccccc2)C1. The van der Waals surface area contributed by atoms with Gasteiger partial charge >= 0.3 is 5.97 Å². The molecule has 1 heterocycles. The van der Waals surface area contributed by atoms with E-state index in [9.17, 15) is 14.7 Å². The zero-order chi connectivity index (χ0) is 14.8. The average Bonchev–Trinajstić information content (AvgIpc) is 2.84. The van der Waals surface area contributed by atoms with Gasteiger partial charge in [0.1, 0.15) is 0 Å². The lowest BCUT2D eigenvalue weighted by Crippen LogP contribution is -2.56. The van der Waals surface area contributed by atoms with Crippen LogP contribution >= 0.6 is 0 Å². The van der Waals surface area contributed by atoms with E-state index < -0.39 is 11.5 Å². The van der Waals surface area contributed by atoms with Gasteiger partial charge in [0.25, 0.3) is 0 Å². The van der Waals surface area contributed by atoms with Crippen LogP contribution in [0.25, 0.3) is 0 Å². The van der Waals surface area contributed by atoms with Gasteiger partial charge in [-0.2, -0.15) is 0 Å². The second-order valence-electron chi connectivity index (χ2n) is 5.36. The molecule has 2 rings (SSSR count). The Balaban J connectivity index is 2.12. The number of carboxylic acid groups (broad SMARTS) is 1. The van der Waals surface area contributed by atoms with E-state index in [1.165, 1.54) is 11.8 Å².